The van der Waals surface area contributed by atoms with E-state index in [1.165, 1.54) is 29.3 Å². The second-order valence-corrected chi connectivity index (χ2v) is 5.74. The third-order valence-electron chi connectivity index (χ3n) is 4.10. The number of non-ortho nitro benzene ring substituents is 1. The molecule has 1 heterocycles. The van der Waals surface area contributed by atoms with Gasteiger partial charge in [0.25, 0.3) is 11.6 Å². The third kappa shape index (κ3) is 3.50. The molecule has 0 unspecified atom stereocenters. The molecule has 0 saturated carbocycles. The number of carbonyl (C=O) groups excluding carboxylic acids is 1. The Labute approximate surface area is 155 Å². The Morgan fingerprint density at radius 1 is 1.11 bits per heavy atom. The number of rotatable bonds is 5. The molecule has 1 aliphatic heterocycles. The fraction of sp³-hybridized carbons (Fsp3) is 0.158. The Bertz CT molecular complexity index is 964. The van der Waals surface area contributed by atoms with Crippen molar-refractivity contribution in [2.75, 3.05) is 19.2 Å². The summed E-state index contributed by atoms with van der Waals surface area (Å²) in [6, 6.07) is 10.9. The van der Waals surface area contributed by atoms with Gasteiger partial charge in [-0.1, -0.05) is 0 Å². The molecule has 27 heavy (non-hydrogen) atoms. The average molecular weight is 367 g/mol. The van der Waals surface area contributed by atoms with Crippen LogP contribution in [0.4, 0.5) is 11.4 Å². The molecule has 0 saturated heterocycles. The maximum absolute atomic E-state index is 12.8. The molecule has 8 nitrogen and oxygen atoms in total. The molecule has 0 aliphatic carbocycles. The topological polar surface area (TPSA) is 94.3 Å². The molecule has 0 fully saturated rings. The van der Waals surface area contributed by atoms with Gasteiger partial charge in [-0.3, -0.25) is 14.9 Å². The predicted octanol–water partition coefficient (Wildman–Crippen LogP) is 3.42. The zero-order valence-electron chi connectivity index (χ0n) is 15.0. The van der Waals surface area contributed by atoms with Gasteiger partial charge in [-0.15, -0.1) is 0 Å². The highest BCUT2D eigenvalue weighted by Crippen LogP contribution is 2.30. The van der Waals surface area contributed by atoms with E-state index in [1.54, 1.807) is 45.4 Å². The van der Waals surface area contributed by atoms with Crippen LogP contribution in [0.15, 0.2) is 53.1 Å². The van der Waals surface area contributed by atoms with Gasteiger partial charge in [-0.2, -0.15) is 10.1 Å². The second-order valence-electron chi connectivity index (χ2n) is 5.74. The van der Waals surface area contributed by atoms with Gasteiger partial charge in [-0.05, 0) is 43.3 Å². The fourth-order valence-electron chi connectivity index (χ4n) is 2.68. The smallest absolute Gasteiger partial charge is 0.280 e. The molecular formula is C19H17N3O5. The zero-order chi connectivity index (χ0) is 19.6. The number of hydrogen-bond donors (Lipinski definition) is 0. The summed E-state index contributed by atoms with van der Waals surface area (Å²) in [4.78, 5) is 23.1. The summed E-state index contributed by atoms with van der Waals surface area (Å²) in [7, 11) is 3.10. The number of hydrogen-bond acceptors (Lipinski definition) is 6. The fourth-order valence-corrected chi connectivity index (χ4v) is 2.68. The summed E-state index contributed by atoms with van der Waals surface area (Å²) in [6.07, 6.45) is 1.69. The number of nitro benzene ring substituents is 1. The molecule has 1 amide bonds. The zero-order valence-corrected chi connectivity index (χ0v) is 15.0. The van der Waals surface area contributed by atoms with Crippen molar-refractivity contribution >= 4 is 29.1 Å². The minimum absolute atomic E-state index is 0.0528. The molecule has 2 aromatic rings. The lowest BCUT2D eigenvalue weighted by molar-refractivity contribution is -0.384. The SMILES string of the molecule is COc1ccc(OC)c(/C=C2/C(=O)N(c3ccc([N+](=O)[O-])cc3)N=C2C)c1. The van der Waals surface area contributed by atoms with Crippen molar-refractivity contribution in [3.8, 4) is 11.5 Å². The molecule has 0 radical (unpaired) electrons. The third-order valence-corrected chi connectivity index (χ3v) is 4.10. The van der Waals surface area contributed by atoms with Crippen molar-refractivity contribution in [1.82, 2.24) is 0 Å². The Kier molecular flexibility index (Phi) is 4.89. The van der Waals surface area contributed by atoms with Crippen LogP contribution >= 0.6 is 0 Å². The lowest BCUT2D eigenvalue weighted by atomic mass is 10.1. The Morgan fingerprint density at radius 2 is 1.81 bits per heavy atom. The first-order valence-corrected chi connectivity index (χ1v) is 8.03. The van der Waals surface area contributed by atoms with Gasteiger partial charge >= 0.3 is 0 Å². The summed E-state index contributed by atoms with van der Waals surface area (Å²) in [5.74, 6) is 0.902. The van der Waals surface area contributed by atoms with Gasteiger partial charge in [0.1, 0.15) is 11.5 Å². The van der Waals surface area contributed by atoms with Gasteiger partial charge in [0.15, 0.2) is 0 Å². The van der Waals surface area contributed by atoms with Gasteiger partial charge in [-0.25, -0.2) is 0 Å². The molecule has 1 aliphatic rings. The van der Waals surface area contributed by atoms with Crippen LogP contribution in [-0.4, -0.2) is 30.8 Å². The number of benzene rings is 2. The van der Waals surface area contributed by atoms with Crippen LogP contribution < -0.4 is 14.5 Å². The highest BCUT2D eigenvalue weighted by atomic mass is 16.6. The first-order chi connectivity index (χ1) is 12.9. The molecule has 0 atom stereocenters. The number of amides is 1. The molecule has 138 valence electrons. The normalized spacial score (nSPS) is 15.1. The van der Waals surface area contributed by atoms with E-state index in [4.69, 9.17) is 9.47 Å². The van der Waals surface area contributed by atoms with E-state index >= 15 is 0 Å². The molecule has 8 heteroatoms. The highest BCUT2D eigenvalue weighted by Gasteiger charge is 2.29. The van der Waals surface area contributed by atoms with Crippen molar-refractivity contribution in [1.29, 1.82) is 0 Å². The second kappa shape index (κ2) is 7.28. The molecule has 0 spiro atoms. The number of nitrogens with zero attached hydrogens (tertiary/aromatic N) is 3. The van der Waals surface area contributed by atoms with Crippen LogP contribution in [0.2, 0.25) is 0 Å². The van der Waals surface area contributed by atoms with E-state index in [9.17, 15) is 14.9 Å². The summed E-state index contributed by atoms with van der Waals surface area (Å²) in [6.45, 7) is 1.72. The summed E-state index contributed by atoms with van der Waals surface area (Å²) >= 11 is 0. The molecule has 0 aromatic heterocycles. The molecule has 0 bridgehead atoms. The van der Waals surface area contributed by atoms with Crippen LogP contribution in [0, 0.1) is 10.1 Å². The van der Waals surface area contributed by atoms with Gasteiger partial charge in [0.05, 0.1) is 36.1 Å². The summed E-state index contributed by atoms with van der Waals surface area (Å²) in [5.41, 5.74) is 2.01. The van der Waals surface area contributed by atoms with Crippen LogP contribution in [-0.2, 0) is 4.79 Å². The first kappa shape index (κ1) is 18.1. The lowest BCUT2D eigenvalue weighted by Gasteiger charge is -2.11. The summed E-state index contributed by atoms with van der Waals surface area (Å²) in [5, 5.41) is 16.3. The number of nitro groups is 1. The molecule has 3 rings (SSSR count). The van der Waals surface area contributed by atoms with Crippen LogP contribution in [0.25, 0.3) is 6.08 Å². The quantitative estimate of drug-likeness (QED) is 0.458. The van der Waals surface area contributed by atoms with Crippen molar-refractivity contribution < 1.29 is 19.2 Å². The highest BCUT2D eigenvalue weighted by molar-refractivity contribution is 6.32. The largest absolute Gasteiger partial charge is 0.497 e. The number of anilines is 1. The van der Waals surface area contributed by atoms with Crippen molar-refractivity contribution in [2.24, 2.45) is 5.10 Å². The Balaban J connectivity index is 1.96. The maximum atomic E-state index is 12.8. The summed E-state index contributed by atoms with van der Waals surface area (Å²) < 4.78 is 10.6. The molecule has 0 N–H and O–H groups in total. The minimum atomic E-state index is -0.496. The van der Waals surface area contributed by atoms with Crippen LogP contribution in [0.5, 0.6) is 11.5 Å². The maximum Gasteiger partial charge on any atom is 0.280 e. The number of methoxy groups -OCH3 is 2. The molecular weight excluding hydrogens is 350 g/mol. The average Bonchev–Trinajstić information content (AvgIpc) is 2.96. The number of hydrazone groups is 1. The van der Waals surface area contributed by atoms with Gasteiger partial charge in [0, 0.05) is 17.7 Å². The van der Waals surface area contributed by atoms with Crippen LogP contribution in [0.3, 0.4) is 0 Å². The lowest BCUT2D eigenvalue weighted by Crippen LogP contribution is -2.21. The standard InChI is InChI=1S/C19H17N3O5/c1-12-17(11-13-10-16(26-2)8-9-18(13)27-3)19(23)21(20-12)14-4-6-15(7-5-14)22(24)25/h4-11H,1-3H3/b17-11+. The van der Waals surface area contributed by atoms with E-state index in [0.29, 0.717) is 34.0 Å². The van der Waals surface area contributed by atoms with Crippen LogP contribution in [0.1, 0.15) is 12.5 Å². The first-order valence-electron chi connectivity index (χ1n) is 8.03. The van der Waals surface area contributed by atoms with Gasteiger partial charge in [0.2, 0.25) is 0 Å². The van der Waals surface area contributed by atoms with Gasteiger partial charge < -0.3 is 9.47 Å². The van der Waals surface area contributed by atoms with Crippen molar-refractivity contribution in [3.63, 3.8) is 0 Å². The van der Waals surface area contributed by atoms with Crippen molar-refractivity contribution in [3.05, 3.63) is 63.7 Å². The number of carbonyl (C=O) groups is 1. The number of ether oxygens (including phenoxy) is 2. The van der Waals surface area contributed by atoms with Crippen molar-refractivity contribution in [2.45, 2.75) is 6.92 Å². The van der Waals surface area contributed by atoms with E-state index < -0.39 is 4.92 Å². The van der Waals surface area contributed by atoms with E-state index in [-0.39, 0.29) is 11.6 Å². The Morgan fingerprint density at radius 3 is 2.41 bits per heavy atom. The molecule has 2 aromatic carbocycles. The predicted molar refractivity (Wildman–Crippen MR) is 101 cm³/mol. The van der Waals surface area contributed by atoms with E-state index in [2.05, 4.69) is 5.10 Å². The monoisotopic (exact) mass is 367 g/mol. The van der Waals surface area contributed by atoms with E-state index in [0.717, 1.165) is 0 Å². The van der Waals surface area contributed by atoms with E-state index in [1.807, 2.05) is 0 Å². The minimum Gasteiger partial charge on any atom is -0.497 e. The Hall–Kier alpha value is -3.68.